The standard InChI is InChI=1S/C20H29N/c1-7-8-14-21(6)20(16(2)3)13-12-18(5)19-11-9-10-17(4)15-19/h9-13,15H,2,7-8,14H2,1,3-6H3/b18-12+,20-13+. The molecule has 0 bridgehead atoms. The van der Waals surface area contributed by atoms with Crippen LogP contribution < -0.4 is 0 Å². The van der Waals surface area contributed by atoms with Crippen molar-refractivity contribution >= 4 is 5.57 Å². The first-order chi connectivity index (χ1) is 9.95. The summed E-state index contributed by atoms with van der Waals surface area (Å²) in [4.78, 5) is 2.30. The number of hydrogen-bond donors (Lipinski definition) is 0. The summed E-state index contributed by atoms with van der Waals surface area (Å²) in [7, 11) is 2.14. The molecule has 1 heteroatoms. The number of likely N-dealkylation sites (N-methyl/N-ethyl adjacent to an activating group) is 1. The zero-order chi connectivity index (χ0) is 15.8. The highest BCUT2D eigenvalue weighted by Crippen LogP contribution is 2.18. The van der Waals surface area contributed by atoms with Crippen molar-refractivity contribution in [2.75, 3.05) is 13.6 Å². The van der Waals surface area contributed by atoms with Crippen LogP contribution in [0.4, 0.5) is 0 Å². The molecule has 0 spiro atoms. The third-order valence-corrected chi connectivity index (χ3v) is 3.66. The molecule has 1 nitrogen and oxygen atoms in total. The van der Waals surface area contributed by atoms with Gasteiger partial charge in [-0.1, -0.05) is 55.8 Å². The van der Waals surface area contributed by atoms with Crippen LogP contribution in [0.5, 0.6) is 0 Å². The van der Waals surface area contributed by atoms with E-state index in [9.17, 15) is 0 Å². The molecule has 0 aliphatic rings. The molecule has 0 saturated heterocycles. The Bertz CT molecular complexity index is 535. The number of benzene rings is 1. The first-order valence-corrected chi connectivity index (χ1v) is 7.78. The molecule has 0 saturated carbocycles. The molecule has 0 heterocycles. The van der Waals surface area contributed by atoms with Crippen LogP contribution in [0.3, 0.4) is 0 Å². The van der Waals surface area contributed by atoms with E-state index >= 15 is 0 Å². The van der Waals surface area contributed by atoms with Crippen LogP contribution in [0.2, 0.25) is 0 Å². The number of aryl methyl sites for hydroxylation is 1. The molecule has 114 valence electrons. The van der Waals surface area contributed by atoms with Crippen LogP contribution in [0.25, 0.3) is 5.57 Å². The van der Waals surface area contributed by atoms with E-state index in [1.807, 2.05) is 0 Å². The monoisotopic (exact) mass is 283 g/mol. The quantitative estimate of drug-likeness (QED) is 0.590. The normalized spacial score (nSPS) is 12.4. The van der Waals surface area contributed by atoms with Gasteiger partial charge in [0.1, 0.15) is 0 Å². The van der Waals surface area contributed by atoms with Gasteiger partial charge in [0.2, 0.25) is 0 Å². The minimum atomic E-state index is 1.08. The van der Waals surface area contributed by atoms with Crippen LogP contribution in [-0.2, 0) is 0 Å². The summed E-state index contributed by atoms with van der Waals surface area (Å²) in [5.74, 6) is 0. The van der Waals surface area contributed by atoms with Gasteiger partial charge in [-0.25, -0.2) is 0 Å². The van der Waals surface area contributed by atoms with Gasteiger partial charge in [0.25, 0.3) is 0 Å². The highest BCUT2D eigenvalue weighted by atomic mass is 15.1. The van der Waals surface area contributed by atoms with E-state index in [1.54, 1.807) is 0 Å². The Morgan fingerprint density at radius 3 is 2.52 bits per heavy atom. The number of rotatable bonds is 7. The van der Waals surface area contributed by atoms with E-state index in [0.29, 0.717) is 0 Å². The van der Waals surface area contributed by atoms with E-state index in [4.69, 9.17) is 0 Å². The fourth-order valence-electron chi connectivity index (χ4n) is 2.30. The predicted molar refractivity (Wildman–Crippen MR) is 95.3 cm³/mol. The Morgan fingerprint density at radius 2 is 1.95 bits per heavy atom. The van der Waals surface area contributed by atoms with Gasteiger partial charge >= 0.3 is 0 Å². The van der Waals surface area contributed by atoms with Crippen LogP contribution in [0.1, 0.15) is 44.7 Å². The Kier molecular flexibility index (Phi) is 7.01. The molecule has 0 aromatic heterocycles. The van der Waals surface area contributed by atoms with Gasteiger partial charge in [0.15, 0.2) is 0 Å². The molecular weight excluding hydrogens is 254 g/mol. The third kappa shape index (κ3) is 5.63. The first-order valence-electron chi connectivity index (χ1n) is 7.78. The lowest BCUT2D eigenvalue weighted by atomic mass is 10.0. The van der Waals surface area contributed by atoms with Gasteiger partial charge in [-0.05, 0) is 50.0 Å². The molecule has 0 N–H and O–H groups in total. The Balaban J connectivity index is 2.95. The Labute approximate surface area is 130 Å². The van der Waals surface area contributed by atoms with Crippen LogP contribution in [0, 0.1) is 6.92 Å². The summed E-state index contributed by atoms with van der Waals surface area (Å²) < 4.78 is 0. The molecule has 1 aromatic carbocycles. The molecule has 1 aromatic rings. The van der Waals surface area contributed by atoms with E-state index in [2.05, 4.69) is 82.6 Å². The largest absolute Gasteiger partial charge is 0.374 e. The van der Waals surface area contributed by atoms with Crippen molar-refractivity contribution in [3.05, 3.63) is 65.4 Å². The van der Waals surface area contributed by atoms with E-state index in [0.717, 1.165) is 12.1 Å². The number of unbranched alkanes of at least 4 members (excludes halogenated alkanes) is 1. The maximum Gasteiger partial charge on any atom is 0.0387 e. The minimum Gasteiger partial charge on any atom is -0.374 e. The lowest BCUT2D eigenvalue weighted by Gasteiger charge is -2.22. The van der Waals surface area contributed by atoms with Crippen molar-refractivity contribution < 1.29 is 0 Å². The molecule has 0 fully saturated rings. The lowest BCUT2D eigenvalue weighted by molar-refractivity contribution is 0.413. The van der Waals surface area contributed by atoms with Crippen LogP contribution >= 0.6 is 0 Å². The van der Waals surface area contributed by atoms with Crippen molar-refractivity contribution in [1.82, 2.24) is 4.90 Å². The predicted octanol–water partition coefficient (Wildman–Crippen LogP) is 5.59. The second-order valence-electron chi connectivity index (χ2n) is 5.83. The molecule has 21 heavy (non-hydrogen) atoms. The average molecular weight is 283 g/mol. The SMILES string of the molecule is C=C(C)/C(=C\C=C(/C)c1cccc(C)c1)N(C)CCCC. The summed E-state index contributed by atoms with van der Waals surface area (Å²) in [5.41, 5.74) is 6.19. The fraction of sp³-hybridized carbons (Fsp3) is 0.400. The third-order valence-electron chi connectivity index (χ3n) is 3.66. The molecule has 0 atom stereocenters. The molecule has 0 unspecified atom stereocenters. The summed E-state index contributed by atoms with van der Waals surface area (Å²) in [6.45, 7) is 13.8. The van der Waals surface area contributed by atoms with Crippen molar-refractivity contribution in [3.63, 3.8) is 0 Å². The molecular formula is C20H29N. The van der Waals surface area contributed by atoms with E-state index in [-0.39, 0.29) is 0 Å². The van der Waals surface area contributed by atoms with Crippen LogP contribution in [0.15, 0.2) is 54.3 Å². The number of allylic oxidation sites excluding steroid dienone is 4. The Hall–Kier alpha value is -1.76. The second-order valence-corrected chi connectivity index (χ2v) is 5.83. The summed E-state index contributed by atoms with van der Waals surface area (Å²) in [5, 5.41) is 0. The summed E-state index contributed by atoms with van der Waals surface area (Å²) in [6.07, 6.45) is 6.81. The van der Waals surface area contributed by atoms with E-state index in [1.165, 1.54) is 35.2 Å². The Morgan fingerprint density at radius 1 is 1.24 bits per heavy atom. The fourth-order valence-corrected chi connectivity index (χ4v) is 2.30. The second kappa shape index (κ2) is 8.51. The van der Waals surface area contributed by atoms with E-state index < -0.39 is 0 Å². The maximum atomic E-state index is 4.11. The number of hydrogen-bond acceptors (Lipinski definition) is 1. The van der Waals surface area contributed by atoms with Gasteiger partial charge in [0, 0.05) is 19.3 Å². The zero-order valence-electron chi connectivity index (χ0n) is 14.2. The summed E-state index contributed by atoms with van der Waals surface area (Å²) in [6, 6.07) is 8.62. The average Bonchev–Trinajstić information content (AvgIpc) is 2.44. The van der Waals surface area contributed by atoms with Crippen LogP contribution in [-0.4, -0.2) is 18.5 Å². The van der Waals surface area contributed by atoms with Gasteiger partial charge in [-0.3, -0.25) is 0 Å². The minimum absolute atomic E-state index is 1.08. The summed E-state index contributed by atoms with van der Waals surface area (Å²) >= 11 is 0. The smallest absolute Gasteiger partial charge is 0.0387 e. The topological polar surface area (TPSA) is 3.24 Å². The van der Waals surface area contributed by atoms with Gasteiger partial charge in [0.05, 0.1) is 0 Å². The van der Waals surface area contributed by atoms with Crippen molar-refractivity contribution in [2.24, 2.45) is 0 Å². The number of nitrogens with zero attached hydrogens (tertiary/aromatic N) is 1. The maximum absolute atomic E-state index is 4.11. The van der Waals surface area contributed by atoms with Gasteiger partial charge < -0.3 is 4.90 Å². The van der Waals surface area contributed by atoms with Crippen molar-refractivity contribution in [3.8, 4) is 0 Å². The van der Waals surface area contributed by atoms with Gasteiger partial charge in [-0.15, -0.1) is 0 Å². The molecule has 0 amide bonds. The molecule has 0 radical (unpaired) electrons. The van der Waals surface area contributed by atoms with Crippen molar-refractivity contribution in [2.45, 2.75) is 40.5 Å². The molecule has 0 aliphatic heterocycles. The highest BCUT2D eigenvalue weighted by Gasteiger charge is 2.04. The van der Waals surface area contributed by atoms with Gasteiger partial charge in [-0.2, -0.15) is 0 Å². The van der Waals surface area contributed by atoms with Crippen molar-refractivity contribution in [1.29, 1.82) is 0 Å². The molecule has 0 aliphatic carbocycles. The first kappa shape index (κ1) is 17.3. The molecule has 1 rings (SSSR count). The lowest BCUT2D eigenvalue weighted by Crippen LogP contribution is -2.19. The highest BCUT2D eigenvalue weighted by molar-refractivity contribution is 5.66. The zero-order valence-corrected chi connectivity index (χ0v) is 14.2.